The quantitative estimate of drug-likeness (QED) is 0.156. The Morgan fingerprint density at radius 2 is 1.66 bits per heavy atom. The molecule has 14 heteroatoms. The molecule has 4 rings (SSSR count). The minimum atomic E-state index is -1.74. The van der Waals surface area contributed by atoms with Crippen LogP contribution in [0.15, 0.2) is 35.9 Å². The van der Waals surface area contributed by atoms with Crippen LogP contribution in [0.4, 0.5) is 0 Å². The number of aliphatic carboxylic acids is 1. The first-order valence-electron chi connectivity index (χ1n) is 12.3. The molecule has 1 aliphatic heterocycles. The van der Waals surface area contributed by atoms with Crippen LogP contribution in [0.3, 0.4) is 0 Å². The minimum Gasteiger partial charge on any atom is -0.504 e. The molecule has 0 saturated carbocycles. The van der Waals surface area contributed by atoms with Crippen LogP contribution < -0.4 is 0 Å². The summed E-state index contributed by atoms with van der Waals surface area (Å²) in [6, 6.07) is 5.68. The van der Waals surface area contributed by atoms with Crippen LogP contribution in [-0.4, -0.2) is 103 Å². The van der Waals surface area contributed by atoms with Crippen molar-refractivity contribution in [3.05, 3.63) is 52.6 Å². The molecule has 1 saturated heterocycles. The van der Waals surface area contributed by atoms with Crippen molar-refractivity contribution in [1.29, 1.82) is 0 Å². The predicted molar refractivity (Wildman–Crippen MR) is 135 cm³/mol. The second-order valence-corrected chi connectivity index (χ2v) is 9.69. The molecule has 1 aliphatic carbocycles. The maximum atomic E-state index is 13.6. The number of ether oxygens (including phenoxy) is 3. The lowest BCUT2D eigenvalue weighted by atomic mass is 9.71. The Bertz CT molecular complexity index is 1380. The van der Waals surface area contributed by atoms with Crippen molar-refractivity contribution in [3.8, 4) is 23.0 Å². The molecule has 0 radical (unpaired) electrons. The summed E-state index contributed by atoms with van der Waals surface area (Å²) < 4.78 is 15.3. The van der Waals surface area contributed by atoms with Gasteiger partial charge in [0.1, 0.15) is 18.3 Å². The van der Waals surface area contributed by atoms with E-state index in [1.165, 1.54) is 6.07 Å². The van der Waals surface area contributed by atoms with Gasteiger partial charge in [-0.05, 0) is 47.0 Å². The molecule has 0 aromatic heterocycles. The van der Waals surface area contributed by atoms with Crippen LogP contribution in [0.1, 0.15) is 29.0 Å². The van der Waals surface area contributed by atoms with Crippen molar-refractivity contribution in [2.24, 2.45) is 5.92 Å². The highest BCUT2D eigenvalue weighted by Gasteiger charge is 2.46. The number of carboxylic acid groups (broad SMARTS) is 1. The molecular formula is C27H28O14. The van der Waals surface area contributed by atoms with Crippen LogP contribution in [0.2, 0.25) is 0 Å². The summed E-state index contributed by atoms with van der Waals surface area (Å²) in [5.74, 6) is -9.04. The lowest BCUT2D eigenvalue weighted by Gasteiger charge is -2.39. The first kappa shape index (κ1) is 29.6. The smallest absolute Gasteiger partial charge is 0.335 e. The number of rotatable bonds is 7. The van der Waals surface area contributed by atoms with Crippen molar-refractivity contribution in [2.75, 3.05) is 13.7 Å². The molecule has 0 amide bonds. The maximum Gasteiger partial charge on any atom is 0.335 e. The predicted octanol–water partition coefficient (Wildman–Crippen LogP) is -0.305. The fraction of sp³-hybridized carbons (Fsp3) is 0.370. The van der Waals surface area contributed by atoms with Crippen LogP contribution >= 0.6 is 0 Å². The molecule has 0 bridgehead atoms. The van der Waals surface area contributed by atoms with Crippen molar-refractivity contribution in [3.63, 3.8) is 0 Å². The number of aliphatic hydroxyl groups is 3. The number of methoxy groups -OCH3 is 1. The number of fused-ring (bicyclic) bond motifs is 1. The van der Waals surface area contributed by atoms with Gasteiger partial charge in [-0.25, -0.2) is 9.59 Å². The van der Waals surface area contributed by atoms with E-state index >= 15 is 0 Å². The largest absolute Gasteiger partial charge is 0.504 e. The second-order valence-electron chi connectivity index (χ2n) is 9.69. The van der Waals surface area contributed by atoms with Crippen molar-refractivity contribution in [1.82, 2.24) is 0 Å². The first-order valence-corrected chi connectivity index (χ1v) is 12.3. The summed E-state index contributed by atoms with van der Waals surface area (Å²) in [7, 11) is 1.03. The highest BCUT2D eigenvalue weighted by atomic mass is 16.6. The van der Waals surface area contributed by atoms with E-state index in [0.29, 0.717) is 0 Å². The van der Waals surface area contributed by atoms with E-state index in [1.54, 1.807) is 0 Å². The van der Waals surface area contributed by atoms with Crippen LogP contribution in [0.5, 0.6) is 23.0 Å². The van der Waals surface area contributed by atoms with E-state index in [-0.39, 0.29) is 16.7 Å². The van der Waals surface area contributed by atoms with E-state index in [9.17, 15) is 55.2 Å². The average Bonchev–Trinajstić information content (AvgIpc) is 2.93. The fourth-order valence-corrected chi connectivity index (χ4v) is 5.03. The van der Waals surface area contributed by atoms with Gasteiger partial charge in [0, 0.05) is 12.3 Å². The number of phenolic OH excluding ortho intramolecular Hbond substituents is 4. The molecule has 1 fully saturated rings. The number of aromatic hydroxyl groups is 4. The van der Waals surface area contributed by atoms with E-state index < -0.39 is 102 Å². The van der Waals surface area contributed by atoms with Gasteiger partial charge < -0.3 is 55.1 Å². The minimum absolute atomic E-state index is 0.112. The summed E-state index contributed by atoms with van der Waals surface area (Å²) in [6.07, 6.45) is -7.36. The van der Waals surface area contributed by atoms with Crippen molar-refractivity contribution < 1.29 is 69.4 Å². The van der Waals surface area contributed by atoms with Gasteiger partial charge in [0.05, 0.1) is 25.2 Å². The number of phenols is 4. The first-order chi connectivity index (χ1) is 19.3. The SMILES string of the molecule is COC(=O)[C@H](O)C[C@@H]1OC[C@H](O)[C@H](O)[C@H]1OC(=O)C1=Cc2cc(O)c(O)cc2[C@@H](c2ccc(O)c(O)c2)[C@@H]1C(=O)O. The monoisotopic (exact) mass is 576 g/mol. The van der Waals surface area contributed by atoms with Gasteiger partial charge in [-0.2, -0.15) is 0 Å². The number of hydrogen-bond donors (Lipinski definition) is 8. The molecule has 1 heterocycles. The number of esters is 2. The van der Waals surface area contributed by atoms with E-state index in [4.69, 9.17) is 9.47 Å². The molecule has 0 unspecified atom stereocenters. The normalized spacial score (nSPS) is 26.3. The lowest BCUT2D eigenvalue weighted by Crippen LogP contribution is -2.56. The number of carbonyl (C=O) groups excluding carboxylic acids is 2. The van der Waals surface area contributed by atoms with Gasteiger partial charge >= 0.3 is 17.9 Å². The number of carbonyl (C=O) groups is 3. The van der Waals surface area contributed by atoms with Gasteiger partial charge in [-0.3, -0.25) is 4.79 Å². The van der Waals surface area contributed by atoms with E-state index in [0.717, 1.165) is 37.5 Å². The number of benzene rings is 2. The fourth-order valence-electron chi connectivity index (χ4n) is 5.03. The Hall–Kier alpha value is -4.37. The zero-order valence-corrected chi connectivity index (χ0v) is 21.4. The van der Waals surface area contributed by atoms with Gasteiger partial charge in [0.15, 0.2) is 35.2 Å². The Kier molecular flexibility index (Phi) is 8.39. The summed E-state index contributed by atoms with van der Waals surface area (Å²) >= 11 is 0. The molecule has 41 heavy (non-hydrogen) atoms. The van der Waals surface area contributed by atoms with Crippen LogP contribution in [0, 0.1) is 5.92 Å². The molecule has 2 aromatic rings. The van der Waals surface area contributed by atoms with E-state index in [1.807, 2.05) is 0 Å². The summed E-state index contributed by atoms with van der Waals surface area (Å²) in [6.45, 7) is -0.420. The van der Waals surface area contributed by atoms with Gasteiger partial charge in [0.25, 0.3) is 0 Å². The molecule has 0 spiro atoms. The maximum absolute atomic E-state index is 13.6. The van der Waals surface area contributed by atoms with Gasteiger partial charge in [-0.15, -0.1) is 0 Å². The zero-order valence-electron chi connectivity index (χ0n) is 21.4. The third kappa shape index (κ3) is 5.76. The Balaban J connectivity index is 1.77. The van der Waals surface area contributed by atoms with Crippen molar-refractivity contribution >= 4 is 24.0 Å². The molecule has 2 aliphatic rings. The zero-order chi connectivity index (χ0) is 30.2. The highest BCUT2D eigenvalue weighted by Crippen LogP contribution is 2.47. The van der Waals surface area contributed by atoms with Gasteiger partial charge in [0.2, 0.25) is 0 Å². The molecular weight excluding hydrogens is 548 g/mol. The average molecular weight is 577 g/mol. The number of hydrogen-bond acceptors (Lipinski definition) is 13. The topological polar surface area (TPSA) is 241 Å². The van der Waals surface area contributed by atoms with Crippen LogP contribution in [-0.2, 0) is 28.6 Å². The van der Waals surface area contributed by atoms with E-state index in [2.05, 4.69) is 4.74 Å². The molecule has 7 atom stereocenters. The van der Waals surface area contributed by atoms with Crippen LogP contribution in [0.25, 0.3) is 6.08 Å². The molecule has 8 N–H and O–H groups in total. The highest BCUT2D eigenvalue weighted by molar-refractivity contribution is 6.02. The third-order valence-electron chi connectivity index (χ3n) is 7.11. The van der Waals surface area contributed by atoms with Crippen molar-refractivity contribution in [2.45, 2.75) is 42.9 Å². The summed E-state index contributed by atoms with van der Waals surface area (Å²) in [5, 5.41) is 81.2. The second kappa shape index (κ2) is 11.6. The molecule has 220 valence electrons. The van der Waals surface area contributed by atoms with Gasteiger partial charge in [-0.1, -0.05) is 6.07 Å². The summed E-state index contributed by atoms with van der Waals surface area (Å²) in [4.78, 5) is 37.9. The standard InChI is InChI=1S/C27H28O14/c1-39-27(38)18(32)8-20-24(23(34)19(33)9-40-20)41-26(37)13-4-11-6-16(30)17(31)7-12(11)21(22(13)25(35)36)10-2-3-14(28)15(29)5-10/h2-7,18-24,28-34H,8-9H2,1H3,(H,35,36)/t18-,19+,20+,21-,22-,23+,24+/m1/s1. The Morgan fingerprint density at radius 3 is 2.29 bits per heavy atom. The molecule has 14 nitrogen and oxygen atoms in total. The lowest BCUT2D eigenvalue weighted by molar-refractivity contribution is -0.211. The Labute approximate surface area is 231 Å². The molecule has 2 aromatic carbocycles. The number of carboxylic acids is 1. The third-order valence-corrected chi connectivity index (χ3v) is 7.11. The Morgan fingerprint density at radius 1 is 1.00 bits per heavy atom. The number of aliphatic hydroxyl groups excluding tert-OH is 3. The summed E-state index contributed by atoms with van der Waals surface area (Å²) in [5.41, 5.74) is -0.0921.